The summed E-state index contributed by atoms with van der Waals surface area (Å²) in [4.78, 5) is 17.0. The molecule has 2 aliphatic heterocycles. The number of aryl methyl sites for hydroxylation is 1. The van der Waals surface area contributed by atoms with Crippen LogP contribution in [0.15, 0.2) is 48.5 Å². The van der Waals surface area contributed by atoms with Gasteiger partial charge in [0.05, 0.1) is 13.2 Å². The van der Waals surface area contributed by atoms with Gasteiger partial charge in [-0.25, -0.2) is 0 Å². The molecule has 4 rings (SSSR count). The second-order valence-electron chi connectivity index (χ2n) is 6.76. The molecule has 1 amide bonds. The zero-order valence-corrected chi connectivity index (χ0v) is 14.5. The van der Waals surface area contributed by atoms with Crippen LogP contribution in [0.5, 0.6) is 0 Å². The Morgan fingerprint density at radius 3 is 2.60 bits per heavy atom. The van der Waals surface area contributed by atoms with Gasteiger partial charge in [-0.1, -0.05) is 30.3 Å². The van der Waals surface area contributed by atoms with Gasteiger partial charge in [-0.3, -0.25) is 4.79 Å². The molecular weight excluding hydrogens is 312 g/mol. The number of nitrogens with zero attached hydrogens (tertiary/aromatic N) is 2. The van der Waals surface area contributed by atoms with E-state index in [0.29, 0.717) is 26.3 Å². The molecule has 0 unspecified atom stereocenters. The van der Waals surface area contributed by atoms with Crippen LogP contribution in [0.4, 0.5) is 5.69 Å². The molecular formula is C21H24N2O2. The Labute approximate surface area is 149 Å². The highest BCUT2D eigenvalue weighted by Gasteiger charge is 2.22. The summed E-state index contributed by atoms with van der Waals surface area (Å²) in [6.45, 7) is 4.65. The van der Waals surface area contributed by atoms with E-state index in [1.165, 1.54) is 16.8 Å². The van der Waals surface area contributed by atoms with Gasteiger partial charge in [0.1, 0.15) is 0 Å². The largest absolute Gasteiger partial charge is 0.378 e. The maximum absolute atomic E-state index is 12.7. The first-order chi connectivity index (χ1) is 12.3. The number of benzene rings is 2. The van der Waals surface area contributed by atoms with Crippen LogP contribution in [0.25, 0.3) is 0 Å². The number of hydrogen-bond acceptors (Lipinski definition) is 3. The Kier molecular flexibility index (Phi) is 4.70. The first-order valence-corrected chi connectivity index (χ1v) is 9.10. The number of carbonyl (C=O) groups excluding carboxylic acids is 1. The van der Waals surface area contributed by atoms with Crippen LogP contribution in [-0.4, -0.2) is 43.7 Å². The highest BCUT2D eigenvalue weighted by atomic mass is 16.5. The van der Waals surface area contributed by atoms with Gasteiger partial charge < -0.3 is 14.5 Å². The van der Waals surface area contributed by atoms with E-state index in [9.17, 15) is 4.79 Å². The molecule has 25 heavy (non-hydrogen) atoms. The van der Waals surface area contributed by atoms with E-state index in [2.05, 4.69) is 47.4 Å². The van der Waals surface area contributed by atoms with Crippen LogP contribution in [0.3, 0.4) is 0 Å². The Morgan fingerprint density at radius 2 is 1.80 bits per heavy atom. The summed E-state index contributed by atoms with van der Waals surface area (Å²) in [7, 11) is 0. The zero-order chi connectivity index (χ0) is 17.1. The summed E-state index contributed by atoms with van der Waals surface area (Å²) in [6.07, 6.45) is 2.18. The number of fused-ring (bicyclic) bond motifs is 1. The molecule has 2 aromatic carbocycles. The molecule has 1 saturated heterocycles. The minimum absolute atomic E-state index is 0.131. The first kappa shape index (κ1) is 16.2. The minimum atomic E-state index is 0.131. The SMILES string of the molecule is O=C(c1ccc2c(c1)CCCN2Cc1ccccc1)N1CCOCC1. The van der Waals surface area contributed by atoms with Crippen LogP contribution in [-0.2, 0) is 17.7 Å². The van der Waals surface area contributed by atoms with Crippen molar-refractivity contribution >= 4 is 11.6 Å². The van der Waals surface area contributed by atoms with Gasteiger partial charge >= 0.3 is 0 Å². The molecule has 4 heteroatoms. The number of anilines is 1. The van der Waals surface area contributed by atoms with Crippen molar-refractivity contribution in [3.63, 3.8) is 0 Å². The van der Waals surface area contributed by atoms with Crippen molar-refractivity contribution in [1.29, 1.82) is 0 Å². The van der Waals surface area contributed by atoms with E-state index in [4.69, 9.17) is 4.74 Å². The summed E-state index contributed by atoms with van der Waals surface area (Å²) in [5.74, 6) is 0.131. The normalized spacial score (nSPS) is 17.3. The van der Waals surface area contributed by atoms with Gasteiger partial charge in [0.2, 0.25) is 0 Å². The Hall–Kier alpha value is -2.33. The number of ether oxygens (including phenoxy) is 1. The first-order valence-electron chi connectivity index (χ1n) is 9.10. The van der Waals surface area contributed by atoms with Gasteiger partial charge in [0, 0.05) is 37.4 Å². The number of amides is 1. The number of morpholine rings is 1. The maximum atomic E-state index is 12.7. The quantitative estimate of drug-likeness (QED) is 0.863. The lowest BCUT2D eigenvalue weighted by atomic mass is 9.98. The molecule has 4 nitrogen and oxygen atoms in total. The molecule has 0 atom stereocenters. The molecule has 2 aromatic rings. The van der Waals surface area contributed by atoms with Crippen molar-refractivity contribution in [3.05, 3.63) is 65.2 Å². The van der Waals surface area contributed by atoms with Gasteiger partial charge in [0.25, 0.3) is 5.91 Å². The molecule has 0 N–H and O–H groups in total. The molecule has 130 valence electrons. The number of rotatable bonds is 3. The fourth-order valence-corrected chi connectivity index (χ4v) is 3.73. The lowest BCUT2D eigenvalue weighted by Gasteiger charge is -2.32. The van der Waals surface area contributed by atoms with Crippen molar-refractivity contribution < 1.29 is 9.53 Å². The average Bonchev–Trinajstić information content (AvgIpc) is 2.69. The van der Waals surface area contributed by atoms with Crippen molar-refractivity contribution in [2.45, 2.75) is 19.4 Å². The summed E-state index contributed by atoms with van der Waals surface area (Å²) in [6, 6.07) is 16.8. The van der Waals surface area contributed by atoms with E-state index in [0.717, 1.165) is 31.5 Å². The molecule has 1 fully saturated rings. The van der Waals surface area contributed by atoms with Gasteiger partial charge in [0.15, 0.2) is 0 Å². The van der Waals surface area contributed by atoms with Crippen LogP contribution in [0.1, 0.15) is 27.9 Å². The molecule has 0 spiro atoms. The Morgan fingerprint density at radius 1 is 1.00 bits per heavy atom. The lowest BCUT2D eigenvalue weighted by Crippen LogP contribution is -2.40. The van der Waals surface area contributed by atoms with Crippen molar-refractivity contribution in [1.82, 2.24) is 4.90 Å². The molecule has 0 aliphatic carbocycles. The van der Waals surface area contributed by atoms with E-state index in [1.807, 2.05) is 11.0 Å². The fraction of sp³-hybridized carbons (Fsp3) is 0.381. The average molecular weight is 336 g/mol. The van der Waals surface area contributed by atoms with Crippen LogP contribution < -0.4 is 4.90 Å². The number of hydrogen-bond donors (Lipinski definition) is 0. The third kappa shape index (κ3) is 3.54. The fourth-order valence-electron chi connectivity index (χ4n) is 3.73. The minimum Gasteiger partial charge on any atom is -0.378 e. The van der Waals surface area contributed by atoms with E-state index in [1.54, 1.807) is 0 Å². The standard InChI is InChI=1S/C21H24N2O2/c24-21(22-11-13-25-14-12-22)19-8-9-20-18(15-19)7-4-10-23(20)16-17-5-2-1-3-6-17/h1-3,5-6,8-9,15H,4,7,10-14,16H2. The van der Waals surface area contributed by atoms with Crippen LogP contribution in [0.2, 0.25) is 0 Å². The summed E-state index contributed by atoms with van der Waals surface area (Å²) in [5.41, 5.74) is 4.70. The van der Waals surface area contributed by atoms with Gasteiger partial charge in [-0.15, -0.1) is 0 Å². The van der Waals surface area contributed by atoms with E-state index < -0.39 is 0 Å². The molecule has 0 radical (unpaired) electrons. The Bertz CT molecular complexity index is 739. The molecule has 0 bridgehead atoms. The topological polar surface area (TPSA) is 32.8 Å². The van der Waals surface area contributed by atoms with Gasteiger partial charge in [-0.2, -0.15) is 0 Å². The van der Waals surface area contributed by atoms with E-state index >= 15 is 0 Å². The number of carbonyl (C=O) groups is 1. The third-order valence-corrected chi connectivity index (χ3v) is 5.06. The summed E-state index contributed by atoms with van der Waals surface area (Å²) >= 11 is 0. The molecule has 0 saturated carbocycles. The van der Waals surface area contributed by atoms with Crippen LogP contribution >= 0.6 is 0 Å². The maximum Gasteiger partial charge on any atom is 0.254 e. The van der Waals surface area contributed by atoms with Crippen molar-refractivity contribution in [2.75, 3.05) is 37.7 Å². The van der Waals surface area contributed by atoms with E-state index in [-0.39, 0.29) is 5.91 Å². The summed E-state index contributed by atoms with van der Waals surface area (Å²) < 4.78 is 5.35. The Balaban J connectivity index is 1.54. The molecule has 0 aromatic heterocycles. The molecule has 2 aliphatic rings. The predicted octanol–water partition coefficient (Wildman–Crippen LogP) is 3.11. The second kappa shape index (κ2) is 7.28. The van der Waals surface area contributed by atoms with Crippen molar-refractivity contribution in [2.24, 2.45) is 0 Å². The van der Waals surface area contributed by atoms with Crippen molar-refractivity contribution in [3.8, 4) is 0 Å². The van der Waals surface area contributed by atoms with Gasteiger partial charge in [-0.05, 0) is 42.2 Å². The smallest absolute Gasteiger partial charge is 0.254 e. The zero-order valence-electron chi connectivity index (χ0n) is 14.5. The molecule has 2 heterocycles. The summed E-state index contributed by atoms with van der Waals surface area (Å²) in [5, 5.41) is 0. The monoisotopic (exact) mass is 336 g/mol. The second-order valence-corrected chi connectivity index (χ2v) is 6.76. The lowest BCUT2D eigenvalue weighted by molar-refractivity contribution is 0.0303. The van der Waals surface area contributed by atoms with Crippen LogP contribution in [0, 0.1) is 0 Å². The predicted molar refractivity (Wildman–Crippen MR) is 99.0 cm³/mol. The highest BCUT2D eigenvalue weighted by Crippen LogP contribution is 2.29. The third-order valence-electron chi connectivity index (χ3n) is 5.06. The highest BCUT2D eigenvalue weighted by molar-refractivity contribution is 5.95.